The molecule has 0 saturated carbocycles. The van der Waals surface area contributed by atoms with E-state index in [9.17, 15) is 13.2 Å². The van der Waals surface area contributed by atoms with E-state index in [-0.39, 0.29) is 12.5 Å². The van der Waals surface area contributed by atoms with E-state index in [4.69, 9.17) is 0 Å². The number of hydrogen-bond donors (Lipinski definition) is 0. The molecule has 0 aromatic rings. The molecule has 4 heteroatoms. The van der Waals surface area contributed by atoms with E-state index in [0.717, 1.165) is 0 Å². The Kier molecular flexibility index (Phi) is 1.75. The Morgan fingerprint density at radius 2 is 2.00 bits per heavy atom. The fourth-order valence-corrected chi connectivity index (χ4v) is 0.463. The van der Waals surface area contributed by atoms with E-state index in [0.29, 0.717) is 6.61 Å². The molecule has 0 spiro atoms. The largest absolute Gasteiger partial charge is 0.373 e. The van der Waals surface area contributed by atoms with Crippen LogP contribution < -0.4 is 0 Å². The molecule has 0 aliphatic carbocycles. The van der Waals surface area contributed by atoms with E-state index >= 15 is 0 Å². The topological polar surface area (TPSA) is 12.5 Å². The zero-order chi connectivity index (χ0) is 6.85. The molecule has 1 atom stereocenters. The van der Waals surface area contributed by atoms with Crippen LogP contribution in [-0.4, -0.2) is 12.7 Å². The maximum absolute atomic E-state index is 11.9. The van der Waals surface area contributed by atoms with Gasteiger partial charge in [-0.25, -0.2) is 4.39 Å². The molecule has 1 nitrogen and oxygen atoms in total. The number of ether oxygens (including phenoxy) is 1. The number of rotatable bonds is 2. The zero-order valence-electron chi connectivity index (χ0n) is 4.53. The van der Waals surface area contributed by atoms with Crippen LogP contribution in [0.2, 0.25) is 0 Å². The van der Waals surface area contributed by atoms with Gasteiger partial charge in [-0.1, -0.05) is 0 Å². The van der Waals surface area contributed by atoms with Gasteiger partial charge in [-0.3, -0.25) is 0 Å². The summed E-state index contributed by atoms with van der Waals surface area (Å²) in [6.45, 7) is 0.403. The average Bonchev–Trinajstić information content (AvgIpc) is 2.50. The highest BCUT2D eigenvalue weighted by molar-refractivity contribution is 4.96. The fraction of sp³-hybridized carbons (Fsp3) is 0.600. The minimum atomic E-state index is -2.23. The lowest BCUT2D eigenvalue weighted by molar-refractivity contribution is 0.346. The monoisotopic (exact) mass is 138 g/mol. The molecule has 0 unspecified atom stereocenters. The number of epoxide rings is 1. The molecular weight excluding hydrogens is 133 g/mol. The third-order valence-corrected chi connectivity index (χ3v) is 1.01. The predicted octanol–water partition coefficient (Wildman–Crippen LogP) is 1.85. The highest BCUT2D eigenvalue weighted by Crippen LogP contribution is 2.22. The quantitative estimate of drug-likeness (QED) is 0.530. The van der Waals surface area contributed by atoms with Crippen molar-refractivity contribution < 1.29 is 17.9 Å². The smallest absolute Gasteiger partial charge is 0.301 e. The van der Waals surface area contributed by atoms with Gasteiger partial charge in [0, 0.05) is 6.42 Å². The second-order valence-electron chi connectivity index (χ2n) is 1.82. The van der Waals surface area contributed by atoms with Gasteiger partial charge in [0.15, 0.2) is 5.83 Å². The normalized spacial score (nSPS) is 23.7. The summed E-state index contributed by atoms with van der Waals surface area (Å²) >= 11 is 0. The molecule has 9 heavy (non-hydrogen) atoms. The lowest BCUT2D eigenvalue weighted by Crippen LogP contribution is -1.85. The molecule has 0 radical (unpaired) electrons. The molecule has 0 bridgehead atoms. The maximum atomic E-state index is 11.9. The van der Waals surface area contributed by atoms with Gasteiger partial charge in [0.05, 0.1) is 12.7 Å². The van der Waals surface area contributed by atoms with Crippen molar-refractivity contribution in [2.24, 2.45) is 0 Å². The van der Waals surface area contributed by atoms with Gasteiger partial charge in [-0.2, -0.15) is 8.78 Å². The van der Waals surface area contributed by atoms with Crippen LogP contribution in [0, 0.1) is 0 Å². The van der Waals surface area contributed by atoms with Crippen molar-refractivity contribution in [1.29, 1.82) is 0 Å². The highest BCUT2D eigenvalue weighted by atomic mass is 19.3. The average molecular weight is 138 g/mol. The first kappa shape index (κ1) is 6.61. The van der Waals surface area contributed by atoms with E-state index in [1.165, 1.54) is 0 Å². The Bertz CT molecular complexity index is 135. The first-order valence-electron chi connectivity index (χ1n) is 2.51. The molecule has 0 aromatic heterocycles. The van der Waals surface area contributed by atoms with Crippen LogP contribution >= 0.6 is 0 Å². The van der Waals surface area contributed by atoms with Crippen molar-refractivity contribution in [3.63, 3.8) is 0 Å². The summed E-state index contributed by atoms with van der Waals surface area (Å²) in [5, 5.41) is 0. The fourth-order valence-electron chi connectivity index (χ4n) is 0.463. The zero-order valence-corrected chi connectivity index (χ0v) is 4.53. The standard InChI is InChI=1S/C5H5F3O/c6-4(5(7)8)1-3-2-9-3/h3H,1-2H2/t3-/m1/s1. The van der Waals surface area contributed by atoms with Gasteiger partial charge in [-0.15, -0.1) is 0 Å². The predicted molar refractivity (Wildman–Crippen MR) is 24.7 cm³/mol. The molecule has 1 aliphatic heterocycles. The lowest BCUT2D eigenvalue weighted by atomic mass is 10.3. The Hall–Kier alpha value is -0.510. The third kappa shape index (κ3) is 2.05. The van der Waals surface area contributed by atoms with Crippen molar-refractivity contribution >= 4 is 0 Å². The molecule has 1 saturated heterocycles. The van der Waals surface area contributed by atoms with Crippen LogP contribution in [0.4, 0.5) is 13.2 Å². The lowest BCUT2D eigenvalue weighted by Gasteiger charge is -1.87. The third-order valence-electron chi connectivity index (χ3n) is 1.01. The van der Waals surface area contributed by atoms with Crippen molar-refractivity contribution in [2.75, 3.05) is 6.61 Å². The van der Waals surface area contributed by atoms with E-state index < -0.39 is 11.9 Å². The van der Waals surface area contributed by atoms with Gasteiger partial charge in [0.25, 0.3) is 0 Å². The Labute approximate surface area is 50.1 Å². The van der Waals surface area contributed by atoms with E-state index in [2.05, 4.69) is 4.74 Å². The molecule has 1 aliphatic rings. The summed E-state index contributed by atoms with van der Waals surface area (Å²) in [7, 11) is 0. The van der Waals surface area contributed by atoms with Crippen molar-refractivity contribution in [3.05, 3.63) is 11.9 Å². The van der Waals surface area contributed by atoms with Gasteiger partial charge in [-0.05, 0) is 0 Å². The summed E-state index contributed by atoms with van der Waals surface area (Å²) in [5.74, 6) is -1.35. The van der Waals surface area contributed by atoms with Crippen LogP contribution in [0.15, 0.2) is 11.9 Å². The van der Waals surface area contributed by atoms with E-state index in [1.54, 1.807) is 0 Å². The summed E-state index contributed by atoms with van der Waals surface area (Å²) in [5.41, 5.74) is 0. The Morgan fingerprint density at radius 1 is 1.44 bits per heavy atom. The van der Waals surface area contributed by atoms with Crippen LogP contribution in [0.3, 0.4) is 0 Å². The van der Waals surface area contributed by atoms with Crippen molar-refractivity contribution in [2.45, 2.75) is 12.5 Å². The van der Waals surface area contributed by atoms with Crippen LogP contribution in [0.25, 0.3) is 0 Å². The van der Waals surface area contributed by atoms with Gasteiger partial charge < -0.3 is 4.74 Å². The summed E-state index contributed by atoms with van der Waals surface area (Å²) < 4.78 is 38.9. The summed E-state index contributed by atoms with van der Waals surface area (Å²) in [4.78, 5) is 0. The molecule has 52 valence electrons. The maximum Gasteiger partial charge on any atom is 0.301 e. The van der Waals surface area contributed by atoms with Crippen LogP contribution in [0.5, 0.6) is 0 Å². The Balaban J connectivity index is 2.32. The van der Waals surface area contributed by atoms with Gasteiger partial charge >= 0.3 is 6.08 Å². The number of halogens is 3. The molecule has 0 amide bonds. The van der Waals surface area contributed by atoms with Crippen LogP contribution in [-0.2, 0) is 4.74 Å². The molecule has 0 N–H and O–H groups in total. The summed E-state index contributed by atoms with van der Waals surface area (Å²) in [6, 6.07) is 0. The molecule has 1 rings (SSSR count). The summed E-state index contributed by atoms with van der Waals surface area (Å²) in [6.07, 6.45) is -2.81. The first-order chi connectivity index (χ1) is 4.20. The minimum Gasteiger partial charge on any atom is -0.373 e. The number of hydrogen-bond acceptors (Lipinski definition) is 1. The molecule has 1 fully saturated rings. The van der Waals surface area contributed by atoms with E-state index in [1.807, 2.05) is 0 Å². The second kappa shape index (κ2) is 2.39. The van der Waals surface area contributed by atoms with Crippen molar-refractivity contribution in [1.82, 2.24) is 0 Å². The molecule has 1 heterocycles. The van der Waals surface area contributed by atoms with Crippen molar-refractivity contribution in [3.8, 4) is 0 Å². The Morgan fingerprint density at radius 3 is 2.33 bits per heavy atom. The minimum absolute atomic E-state index is 0.275. The molecule has 0 aromatic carbocycles. The second-order valence-corrected chi connectivity index (χ2v) is 1.82. The van der Waals surface area contributed by atoms with Gasteiger partial charge in [0.1, 0.15) is 0 Å². The highest BCUT2D eigenvalue weighted by Gasteiger charge is 2.25. The first-order valence-corrected chi connectivity index (χ1v) is 2.51. The SMILES string of the molecule is FC(F)=C(F)C[C@@H]1CO1. The van der Waals surface area contributed by atoms with Crippen LogP contribution in [0.1, 0.15) is 6.42 Å². The molecular formula is C5H5F3O. The van der Waals surface area contributed by atoms with Gasteiger partial charge in [0.2, 0.25) is 0 Å².